The molecular weight excluding hydrogens is 785 g/mol. The zero-order valence-electron chi connectivity index (χ0n) is 34.2. The number of amides is 4. The Morgan fingerprint density at radius 2 is 1.37 bits per heavy atom. The first kappa shape index (κ1) is 39.8. The van der Waals surface area contributed by atoms with Crippen LogP contribution in [0.25, 0.3) is 32.8 Å². The first-order valence-corrected chi connectivity index (χ1v) is 20.6. The fraction of sp³-hybridized carbons (Fsp3) is 0.250. The number of hydrogen-bond donors (Lipinski definition) is 4. The molecule has 14 heteroatoms. The van der Waals surface area contributed by atoms with Crippen LogP contribution in [0.15, 0.2) is 109 Å². The van der Waals surface area contributed by atoms with E-state index in [1.165, 1.54) is 14.2 Å². The minimum absolute atomic E-state index is 0.229. The minimum atomic E-state index is -1.18. The van der Waals surface area contributed by atoms with Crippen LogP contribution in [0, 0.1) is 11.8 Å². The van der Waals surface area contributed by atoms with Crippen molar-refractivity contribution in [2.75, 3.05) is 27.2 Å². The molecule has 62 heavy (non-hydrogen) atoms. The summed E-state index contributed by atoms with van der Waals surface area (Å²) in [6.07, 6.45) is 1.15. The molecule has 14 nitrogen and oxygen atoms in total. The number of ether oxygens (including phenoxy) is 1. The summed E-state index contributed by atoms with van der Waals surface area (Å²) in [6, 6.07) is 31.5. The number of nitrogens with zero attached hydrogens (tertiary/aromatic N) is 5. The van der Waals surface area contributed by atoms with Crippen LogP contribution in [-0.4, -0.2) is 91.0 Å². The maximum Gasteiger partial charge on any atom is 0.407 e. The zero-order valence-corrected chi connectivity index (χ0v) is 34.2. The summed E-state index contributed by atoms with van der Waals surface area (Å²) in [7, 11) is 2.70. The van der Waals surface area contributed by atoms with Gasteiger partial charge in [-0.25, -0.2) is 19.6 Å². The summed E-state index contributed by atoms with van der Waals surface area (Å²) in [5.74, 6) is 7.44. The SMILES string of the molecule is COC(=O)N[C@@H](C(=O)N1CCC[C@H]1c1nc2cc(C#Cc3ccc4c(ccc5nc([C@@H]6CCCN6C(=O)[C@@H](c6ccccc6)N(C)C(=O)O)[nH]c54)c3)ccc2[nH]1)c1ccccc1. The molecule has 0 saturated carbocycles. The van der Waals surface area contributed by atoms with Gasteiger partial charge in [-0.2, -0.15) is 0 Å². The third-order valence-corrected chi connectivity index (χ3v) is 11.9. The van der Waals surface area contributed by atoms with Crippen molar-refractivity contribution in [3.8, 4) is 11.8 Å². The predicted octanol–water partition coefficient (Wildman–Crippen LogP) is 7.77. The molecule has 0 bridgehead atoms. The van der Waals surface area contributed by atoms with Crippen LogP contribution in [-0.2, 0) is 14.3 Å². The lowest BCUT2D eigenvalue weighted by Crippen LogP contribution is -2.43. The molecule has 2 fully saturated rings. The second-order valence-electron chi connectivity index (χ2n) is 15.7. The van der Waals surface area contributed by atoms with Gasteiger partial charge in [-0.3, -0.25) is 14.5 Å². The summed E-state index contributed by atoms with van der Waals surface area (Å²) in [5, 5.41) is 14.5. The van der Waals surface area contributed by atoms with E-state index in [-0.39, 0.29) is 23.9 Å². The quantitative estimate of drug-likeness (QED) is 0.112. The van der Waals surface area contributed by atoms with Crippen molar-refractivity contribution < 1.29 is 29.0 Å². The number of nitrogens with one attached hydrogen (secondary N) is 3. The van der Waals surface area contributed by atoms with Gasteiger partial charge in [-0.15, -0.1) is 0 Å². The van der Waals surface area contributed by atoms with Crippen LogP contribution in [0.2, 0.25) is 0 Å². The summed E-state index contributed by atoms with van der Waals surface area (Å²) >= 11 is 0. The van der Waals surface area contributed by atoms with Gasteiger partial charge in [0.15, 0.2) is 0 Å². The molecule has 5 aromatic carbocycles. The first-order chi connectivity index (χ1) is 30.2. The van der Waals surface area contributed by atoms with Crippen molar-refractivity contribution in [2.24, 2.45) is 0 Å². The highest BCUT2D eigenvalue weighted by Crippen LogP contribution is 2.37. The van der Waals surface area contributed by atoms with Gasteiger partial charge in [0.25, 0.3) is 11.8 Å². The molecule has 2 aromatic heterocycles. The number of methoxy groups -OCH3 is 1. The highest BCUT2D eigenvalue weighted by Gasteiger charge is 2.40. The molecule has 4 heterocycles. The maximum absolute atomic E-state index is 14.1. The number of carboxylic acid groups (broad SMARTS) is 1. The molecule has 312 valence electrons. The summed E-state index contributed by atoms with van der Waals surface area (Å²) < 4.78 is 4.83. The smallest absolute Gasteiger partial charge is 0.407 e. The van der Waals surface area contributed by atoms with Gasteiger partial charge in [-0.1, -0.05) is 84.6 Å². The Balaban J connectivity index is 0.932. The molecule has 4 N–H and O–H groups in total. The van der Waals surface area contributed by atoms with Crippen LogP contribution in [0.4, 0.5) is 9.59 Å². The lowest BCUT2D eigenvalue weighted by Gasteiger charge is -2.32. The summed E-state index contributed by atoms with van der Waals surface area (Å²) in [4.78, 5) is 73.8. The Hall–Kier alpha value is -7.66. The lowest BCUT2D eigenvalue weighted by molar-refractivity contribution is -0.137. The van der Waals surface area contributed by atoms with Crippen LogP contribution >= 0.6 is 0 Å². The van der Waals surface area contributed by atoms with Crippen molar-refractivity contribution in [1.29, 1.82) is 0 Å². The van der Waals surface area contributed by atoms with Gasteiger partial charge in [0.1, 0.15) is 23.7 Å². The molecule has 9 rings (SSSR count). The molecule has 0 aliphatic carbocycles. The van der Waals surface area contributed by atoms with E-state index < -0.39 is 24.3 Å². The number of rotatable bonds is 8. The number of imidazole rings is 2. The fourth-order valence-electron chi connectivity index (χ4n) is 8.81. The standard InChI is InChI=1S/C48H44N8O6/c1-54(48(60)61)42(32-13-7-4-8-14-32)46(58)56-26-10-16-39(56)44-50-36-24-21-33-27-29(19-22-34(33)41(36)52-44)17-18-30-20-23-35-37(28-30)51-43(49-35)38-15-9-25-55(38)45(57)40(53-47(59)62-2)31-11-5-3-6-12-31/h3-8,11-14,19-24,27-28,38-40,42H,9-10,15-16,25-26H2,1-2H3,(H,49,51)(H,50,52)(H,53,59)(H,60,61)/t38-,39-,40+,42+/m0/s1. The molecule has 2 aliphatic heterocycles. The molecule has 4 amide bonds. The van der Waals surface area contributed by atoms with Crippen molar-refractivity contribution in [2.45, 2.75) is 49.9 Å². The van der Waals surface area contributed by atoms with Crippen molar-refractivity contribution in [3.05, 3.63) is 143 Å². The number of hydrogen-bond acceptors (Lipinski definition) is 7. The number of carbonyl (C=O) groups excluding carboxylic acids is 3. The van der Waals surface area contributed by atoms with Gasteiger partial charge in [0, 0.05) is 36.7 Å². The molecule has 0 radical (unpaired) electrons. The molecule has 4 atom stereocenters. The molecule has 0 spiro atoms. The Kier molecular flexibility index (Phi) is 10.8. The Morgan fingerprint density at radius 3 is 2.05 bits per heavy atom. The molecule has 7 aromatic rings. The van der Waals surface area contributed by atoms with Crippen molar-refractivity contribution >= 4 is 56.8 Å². The van der Waals surface area contributed by atoms with E-state index >= 15 is 0 Å². The van der Waals surface area contributed by atoms with Gasteiger partial charge >= 0.3 is 12.2 Å². The number of carbonyl (C=O) groups is 4. The monoisotopic (exact) mass is 828 g/mol. The van der Waals surface area contributed by atoms with Crippen LogP contribution in [0.1, 0.15) is 83.8 Å². The maximum atomic E-state index is 14.1. The Labute approximate surface area is 356 Å². The van der Waals surface area contributed by atoms with E-state index in [4.69, 9.17) is 14.7 Å². The number of H-pyrrole nitrogens is 2. The normalized spacial score (nSPS) is 17.1. The number of fused-ring (bicyclic) bond motifs is 4. The largest absolute Gasteiger partial charge is 0.465 e. The van der Waals surface area contributed by atoms with Crippen LogP contribution in [0.3, 0.4) is 0 Å². The second-order valence-corrected chi connectivity index (χ2v) is 15.7. The van der Waals surface area contributed by atoms with E-state index in [1.807, 2.05) is 84.9 Å². The average molecular weight is 829 g/mol. The molecular formula is C48H44N8O6. The lowest BCUT2D eigenvalue weighted by atomic mass is 10.0. The third kappa shape index (κ3) is 7.64. The van der Waals surface area contributed by atoms with Gasteiger partial charge in [-0.05, 0) is 78.6 Å². The van der Waals surface area contributed by atoms with Crippen LogP contribution < -0.4 is 5.32 Å². The summed E-state index contributed by atoms with van der Waals surface area (Å²) in [5.41, 5.74) is 6.10. The molecule has 0 unspecified atom stereocenters. The number of likely N-dealkylation sites (N-methyl/N-ethyl adjacent to an activating group) is 1. The second kappa shape index (κ2) is 16.8. The minimum Gasteiger partial charge on any atom is -0.465 e. The van der Waals surface area contributed by atoms with Crippen LogP contribution in [0.5, 0.6) is 0 Å². The number of alkyl carbamates (subject to hydrolysis) is 1. The number of aromatic amines is 2. The third-order valence-electron chi connectivity index (χ3n) is 11.9. The molecule has 2 aliphatic rings. The predicted molar refractivity (Wildman–Crippen MR) is 233 cm³/mol. The number of aromatic nitrogens is 4. The van der Waals surface area contributed by atoms with Gasteiger partial charge < -0.3 is 34.9 Å². The zero-order chi connectivity index (χ0) is 42.9. The average Bonchev–Trinajstić information content (AvgIpc) is 4.13. The summed E-state index contributed by atoms with van der Waals surface area (Å²) in [6.45, 7) is 1.04. The fourth-order valence-corrected chi connectivity index (χ4v) is 8.81. The van der Waals surface area contributed by atoms with E-state index in [0.717, 1.165) is 68.1 Å². The van der Waals surface area contributed by atoms with Crippen molar-refractivity contribution in [1.82, 2.24) is 40.0 Å². The van der Waals surface area contributed by atoms with E-state index in [0.29, 0.717) is 42.3 Å². The van der Waals surface area contributed by atoms with E-state index in [2.05, 4.69) is 27.1 Å². The first-order valence-electron chi connectivity index (χ1n) is 20.6. The highest BCUT2D eigenvalue weighted by molar-refractivity contribution is 6.04. The number of benzene rings is 5. The topological polar surface area (TPSA) is 177 Å². The Morgan fingerprint density at radius 1 is 0.758 bits per heavy atom. The van der Waals surface area contributed by atoms with Gasteiger partial charge in [0.05, 0.1) is 41.3 Å². The highest BCUT2D eigenvalue weighted by atomic mass is 16.5. The van der Waals surface area contributed by atoms with Crippen molar-refractivity contribution in [3.63, 3.8) is 0 Å². The molecule has 2 saturated heterocycles. The van der Waals surface area contributed by atoms with E-state index in [1.54, 1.807) is 34.1 Å². The van der Waals surface area contributed by atoms with Gasteiger partial charge in [0.2, 0.25) is 0 Å². The number of likely N-dealkylation sites (tertiary alicyclic amines) is 2. The van der Waals surface area contributed by atoms with E-state index in [9.17, 15) is 24.3 Å². The Bertz CT molecular complexity index is 2900.